The molecule has 0 radical (unpaired) electrons. The second-order valence-electron chi connectivity index (χ2n) is 7.87. The summed E-state index contributed by atoms with van der Waals surface area (Å²) in [5.74, 6) is 0. The third-order valence-corrected chi connectivity index (χ3v) is 5.88. The molecule has 1 saturated heterocycles. The largest absolute Gasteiger partial charge is 0.363 e. The van der Waals surface area contributed by atoms with E-state index in [4.69, 9.17) is 4.74 Å². The van der Waals surface area contributed by atoms with Gasteiger partial charge in [-0.3, -0.25) is 4.90 Å². The first kappa shape index (κ1) is 20.3. The van der Waals surface area contributed by atoms with Crippen molar-refractivity contribution in [2.24, 2.45) is 0 Å². The Morgan fingerprint density at radius 1 is 0.700 bits per heavy atom. The Balaban J connectivity index is 1.63. The summed E-state index contributed by atoms with van der Waals surface area (Å²) in [7, 11) is 2.20. The number of morpholine rings is 1. The van der Waals surface area contributed by atoms with Crippen LogP contribution in [0.1, 0.15) is 29.7 Å². The third-order valence-electron chi connectivity index (χ3n) is 5.88. The summed E-state index contributed by atoms with van der Waals surface area (Å²) < 4.78 is 6.70. The smallest absolute Gasteiger partial charge is 0.0986 e. The highest BCUT2D eigenvalue weighted by Crippen LogP contribution is 2.34. The molecule has 0 amide bonds. The van der Waals surface area contributed by atoms with Crippen molar-refractivity contribution in [2.75, 3.05) is 7.05 Å². The lowest BCUT2D eigenvalue weighted by molar-refractivity contribution is -0.111. The molecule has 0 spiro atoms. The van der Waals surface area contributed by atoms with Gasteiger partial charge in [-0.25, -0.2) is 0 Å². The zero-order valence-electron chi connectivity index (χ0n) is 17.6. The van der Waals surface area contributed by atoms with Crippen LogP contribution in [-0.4, -0.2) is 30.1 Å². The second-order valence-corrected chi connectivity index (χ2v) is 7.87. The number of likely N-dealkylation sites (N-methyl/N-ethyl adjacent to an activating group) is 1. The Hall–Kier alpha value is -2.94. The van der Waals surface area contributed by atoms with Gasteiger partial charge in [0.1, 0.15) is 0 Å². The lowest BCUT2D eigenvalue weighted by Gasteiger charge is -2.46. The molecule has 1 aliphatic rings. The Bertz CT molecular complexity index is 965. The SMILES string of the molecule is C[C@H]1[C@@H](c2ccccc2)O[C@@H](/C=C/c2ccccc2)[C@H](/C=C/c2ccccc2)N1C. The monoisotopic (exact) mass is 395 g/mol. The molecule has 0 aliphatic carbocycles. The van der Waals surface area contributed by atoms with E-state index in [1.54, 1.807) is 0 Å². The van der Waals surface area contributed by atoms with Crippen molar-refractivity contribution in [3.05, 3.63) is 120 Å². The summed E-state index contributed by atoms with van der Waals surface area (Å²) in [5.41, 5.74) is 3.61. The molecule has 152 valence electrons. The van der Waals surface area contributed by atoms with E-state index in [0.29, 0.717) is 0 Å². The minimum atomic E-state index is -0.0448. The molecule has 0 unspecified atom stereocenters. The van der Waals surface area contributed by atoms with E-state index in [1.807, 2.05) is 12.1 Å². The number of rotatable bonds is 5. The third kappa shape index (κ3) is 4.79. The van der Waals surface area contributed by atoms with Crippen molar-refractivity contribution in [2.45, 2.75) is 31.2 Å². The maximum absolute atomic E-state index is 6.70. The molecule has 4 rings (SSSR count). The van der Waals surface area contributed by atoms with Gasteiger partial charge < -0.3 is 4.74 Å². The molecule has 2 nitrogen and oxygen atoms in total. The van der Waals surface area contributed by atoms with Crippen LogP contribution in [0.25, 0.3) is 12.2 Å². The number of benzene rings is 3. The van der Waals surface area contributed by atoms with Gasteiger partial charge in [0, 0.05) is 6.04 Å². The van der Waals surface area contributed by atoms with Crippen LogP contribution < -0.4 is 0 Å². The van der Waals surface area contributed by atoms with Crippen molar-refractivity contribution in [3.63, 3.8) is 0 Å². The van der Waals surface area contributed by atoms with Gasteiger partial charge in [0.25, 0.3) is 0 Å². The molecule has 1 heterocycles. The molecule has 4 atom stereocenters. The summed E-state index contributed by atoms with van der Waals surface area (Å²) in [5, 5.41) is 0. The predicted octanol–water partition coefficient (Wildman–Crippen LogP) is 6.24. The number of hydrogen-bond donors (Lipinski definition) is 0. The van der Waals surface area contributed by atoms with Crippen LogP contribution in [0.3, 0.4) is 0 Å². The van der Waals surface area contributed by atoms with Crippen LogP contribution in [0.2, 0.25) is 0 Å². The predicted molar refractivity (Wildman–Crippen MR) is 126 cm³/mol. The Labute approximate surface area is 180 Å². The van der Waals surface area contributed by atoms with E-state index in [-0.39, 0.29) is 24.3 Å². The van der Waals surface area contributed by atoms with Crippen molar-refractivity contribution < 1.29 is 4.74 Å². The zero-order valence-corrected chi connectivity index (χ0v) is 17.6. The number of hydrogen-bond acceptors (Lipinski definition) is 2. The van der Waals surface area contributed by atoms with Gasteiger partial charge in [0.05, 0.1) is 18.2 Å². The highest BCUT2D eigenvalue weighted by Gasteiger charge is 2.38. The highest BCUT2D eigenvalue weighted by molar-refractivity contribution is 5.52. The molecule has 1 fully saturated rings. The highest BCUT2D eigenvalue weighted by atomic mass is 16.5. The molecule has 30 heavy (non-hydrogen) atoms. The Kier molecular flexibility index (Phi) is 6.58. The van der Waals surface area contributed by atoms with Crippen molar-refractivity contribution in [1.29, 1.82) is 0 Å². The van der Waals surface area contributed by atoms with Crippen LogP contribution in [0, 0.1) is 0 Å². The first-order chi connectivity index (χ1) is 14.7. The minimum Gasteiger partial charge on any atom is -0.363 e. The van der Waals surface area contributed by atoms with Gasteiger partial charge in [-0.15, -0.1) is 0 Å². The van der Waals surface area contributed by atoms with Crippen LogP contribution in [0.5, 0.6) is 0 Å². The fourth-order valence-electron chi connectivity index (χ4n) is 4.03. The van der Waals surface area contributed by atoms with E-state index in [9.17, 15) is 0 Å². The van der Waals surface area contributed by atoms with Gasteiger partial charge in [-0.2, -0.15) is 0 Å². The van der Waals surface area contributed by atoms with Gasteiger partial charge in [-0.05, 0) is 30.7 Å². The summed E-state index contributed by atoms with van der Waals surface area (Å²) in [4.78, 5) is 2.43. The maximum Gasteiger partial charge on any atom is 0.0986 e. The number of ether oxygens (including phenoxy) is 1. The fraction of sp³-hybridized carbons (Fsp3) is 0.214. The normalized spacial score (nSPS) is 25.1. The molecule has 3 aromatic carbocycles. The second kappa shape index (κ2) is 9.71. The van der Waals surface area contributed by atoms with E-state index in [1.165, 1.54) is 16.7 Å². The summed E-state index contributed by atoms with van der Waals surface area (Å²) in [6.45, 7) is 2.25. The maximum atomic E-state index is 6.70. The number of nitrogens with zero attached hydrogens (tertiary/aromatic N) is 1. The first-order valence-corrected chi connectivity index (χ1v) is 10.6. The Morgan fingerprint density at radius 2 is 1.20 bits per heavy atom. The summed E-state index contributed by atoms with van der Waals surface area (Å²) in [6.07, 6.45) is 8.82. The first-order valence-electron chi connectivity index (χ1n) is 10.6. The van der Waals surface area contributed by atoms with E-state index >= 15 is 0 Å². The van der Waals surface area contributed by atoms with E-state index in [2.05, 4.69) is 122 Å². The quantitative estimate of drug-likeness (QED) is 0.507. The minimum absolute atomic E-state index is 0.0306. The lowest BCUT2D eigenvalue weighted by atomic mass is 9.94. The standard InChI is InChI=1S/C28H29NO/c1-22-28(25-16-10-5-11-17-25)30-27(21-19-24-14-8-4-9-15-24)26(29(22)2)20-18-23-12-6-3-7-13-23/h3-22,26-28H,1-2H3/b20-18+,21-19+/t22-,26-,27-,28-/m0/s1. The molecular formula is C28H29NO. The Morgan fingerprint density at radius 3 is 1.77 bits per heavy atom. The molecular weight excluding hydrogens is 366 g/mol. The molecule has 2 heteroatoms. The van der Waals surface area contributed by atoms with Gasteiger partial charge in [-0.1, -0.05) is 115 Å². The fourth-order valence-corrected chi connectivity index (χ4v) is 4.03. The lowest BCUT2D eigenvalue weighted by Crippen LogP contribution is -2.53. The van der Waals surface area contributed by atoms with E-state index in [0.717, 1.165) is 0 Å². The van der Waals surface area contributed by atoms with Crippen molar-refractivity contribution in [1.82, 2.24) is 4.90 Å². The molecule has 1 aliphatic heterocycles. The topological polar surface area (TPSA) is 12.5 Å². The molecule has 3 aromatic rings. The van der Waals surface area contributed by atoms with Crippen LogP contribution in [0.15, 0.2) is 103 Å². The summed E-state index contributed by atoms with van der Waals surface area (Å²) >= 11 is 0. The van der Waals surface area contributed by atoms with E-state index < -0.39 is 0 Å². The van der Waals surface area contributed by atoms with Crippen LogP contribution in [-0.2, 0) is 4.74 Å². The van der Waals surface area contributed by atoms with Gasteiger partial charge in [0.2, 0.25) is 0 Å². The van der Waals surface area contributed by atoms with Crippen LogP contribution in [0.4, 0.5) is 0 Å². The summed E-state index contributed by atoms with van der Waals surface area (Å²) in [6, 6.07) is 31.8. The van der Waals surface area contributed by atoms with Crippen LogP contribution >= 0.6 is 0 Å². The molecule has 0 N–H and O–H groups in total. The zero-order chi connectivity index (χ0) is 20.8. The molecule has 0 aromatic heterocycles. The van der Waals surface area contributed by atoms with Gasteiger partial charge in [0.15, 0.2) is 0 Å². The average molecular weight is 396 g/mol. The van der Waals surface area contributed by atoms with Gasteiger partial charge >= 0.3 is 0 Å². The molecule has 0 saturated carbocycles. The molecule has 0 bridgehead atoms. The van der Waals surface area contributed by atoms with Crippen molar-refractivity contribution in [3.8, 4) is 0 Å². The average Bonchev–Trinajstić information content (AvgIpc) is 2.81. The van der Waals surface area contributed by atoms with Crippen molar-refractivity contribution >= 4 is 12.2 Å².